The summed E-state index contributed by atoms with van der Waals surface area (Å²) in [5.41, 5.74) is -0.109. The summed E-state index contributed by atoms with van der Waals surface area (Å²) < 4.78 is 23.9. The summed E-state index contributed by atoms with van der Waals surface area (Å²) in [7, 11) is 3.05. The van der Waals surface area contributed by atoms with E-state index in [2.05, 4.69) is 10.6 Å². The summed E-state index contributed by atoms with van der Waals surface area (Å²) in [6.07, 6.45) is 1.73. The average molecular weight is 423 g/mol. The van der Waals surface area contributed by atoms with E-state index in [1.54, 1.807) is 18.1 Å². The van der Waals surface area contributed by atoms with Crippen LogP contribution in [0.15, 0.2) is 24.3 Å². The maximum atomic E-state index is 14.0. The molecule has 1 aliphatic heterocycles. The van der Waals surface area contributed by atoms with E-state index in [0.29, 0.717) is 45.5 Å². The molecule has 8 nitrogen and oxygen atoms in total. The van der Waals surface area contributed by atoms with Crippen LogP contribution in [0, 0.1) is 11.7 Å². The Hall–Kier alpha value is -2.52. The minimum Gasteiger partial charge on any atom is -0.385 e. The van der Waals surface area contributed by atoms with E-state index in [-0.39, 0.29) is 29.9 Å². The zero-order valence-corrected chi connectivity index (χ0v) is 17.5. The Morgan fingerprint density at radius 1 is 1.17 bits per heavy atom. The second-order valence-electron chi connectivity index (χ2n) is 7.22. The van der Waals surface area contributed by atoms with E-state index in [9.17, 15) is 18.8 Å². The molecule has 1 aromatic carbocycles. The van der Waals surface area contributed by atoms with Gasteiger partial charge in [0.15, 0.2) is 0 Å². The summed E-state index contributed by atoms with van der Waals surface area (Å²) in [4.78, 5) is 39.1. The highest BCUT2D eigenvalue weighted by molar-refractivity contribution is 5.97. The SMILES string of the molecule is COCCCNC(=O)C(NC(=O)c1ccccc1F)C1CCN(C(=O)COC)CC1. The summed E-state index contributed by atoms with van der Waals surface area (Å²) in [5.74, 6) is -1.88. The molecule has 0 aliphatic carbocycles. The van der Waals surface area contributed by atoms with Gasteiger partial charge < -0.3 is 25.0 Å². The fraction of sp³-hybridized carbons (Fsp3) is 0.571. The Morgan fingerprint density at radius 2 is 1.87 bits per heavy atom. The van der Waals surface area contributed by atoms with Gasteiger partial charge >= 0.3 is 0 Å². The number of nitrogens with one attached hydrogen (secondary N) is 2. The molecular weight excluding hydrogens is 393 g/mol. The minimum atomic E-state index is -0.820. The quantitative estimate of drug-likeness (QED) is 0.547. The van der Waals surface area contributed by atoms with Gasteiger partial charge in [0.25, 0.3) is 5.91 Å². The third-order valence-corrected chi connectivity index (χ3v) is 5.14. The van der Waals surface area contributed by atoms with Crippen molar-refractivity contribution < 1.29 is 28.2 Å². The lowest BCUT2D eigenvalue weighted by Gasteiger charge is -2.35. The Kier molecular flexibility index (Phi) is 9.69. The van der Waals surface area contributed by atoms with Gasteiger partial charge in [0.05, 0.1) is 5.56 Å². The Bertz CT molecular complexity index is 722. The number of nitrogens with zero attached hydrogens (tertiary/aromatic N) is 1. The summed E-state index contributed by atoms with van der Waals surface area (Å²) in [6, 6.07) is 4.83. The molecule has 1 heterocycles. The van der Waals surface area contributed by atoms with Crippen LogP contribution in [-0.2, 0) is 19.1 Å². The Balaban J connectivity index is 2.06. The number of rotatable bonds is 10. The Morgan fingerprint density at radius 3 is 2.50 bits per heavy atom. The number of methoxy groups -OCH3 is 2. The average Bonchev–Trinajstić information content (AvgIpc) is 2.75. The third-order valence-electron chi connectivity index (χ3n) is 5.14. The van der Waals surface area contributed by atoms with Crippen molar-refractivity contribution in [3.63, 3.8) is 0 Å². The van der Waals surface area contributed by atoms with Crippen LogP contribution in [0.4, 0.5) is 4.39 Å². The standard InChI is InChI=1S/C21H30FN3O5/c1-29-13-5-10-23-21(28)19(24-20(27)16-6-3-4-7-17(16)22)15-8-11-25(12-9-15)18(26)14-30-2/h3-4,6-7,15,19H,5,8-14H2,1-2H3,(H,23,28)(H,24,27). The molecule has 30 heavy (non-hydrogen) atoms. The van der Waals surface area contributed by atoms with Gasteiger partial charge in [-0.25, -0.2) is 4.39 Å². The van der Waals surface area contributed by atoms with Crippen LogP contribution in [0.2, 0.25) is 0 Å². The van der Waals surface area contributed by atoms with Gasteiger partial charge in [-0.3, -0.25) is 14.4 Å². The van der Waals surface area contributed by atoms with Crippen LogP contribution in [0.3, 0.4) is 0 Å². The van der Waals surface area contributed by atoms with Crippen LogP contribution >= 0.6 is 0 Å². The van der Waals surface area contributed by atoms with Crippen molar-refractivity contribution in [1.29, 1.82) is 0 Å². The van der Waals surface area contributed by atoms with E-state index in [0.717, 1.165) is 0 Å². The Labute approximate surface area is 176 Å². The van der Waals surface area contributed by atoms with Crippen molar-refractivity contribution in [3.8, 4) is 0 Å². The van der Waals surface area contributed by atoms with Crippen LogP contribution < -0.4 is 10.6 Å². The number of hydrogen-bond acceptors (Lipinski definition) is 5. The van der Waals surface area contributed by atoms with E-state index in [4.69, 9.17) is 9.47 Å². The van der Waals surface area contributed by atoms with Crippen LogP contribution in [0.5, 0.6) is 0 Å². The van der Waals surface area contributed by atoms with E-state index in [1.807, 2.05) is 0 Å². The first-order chi connectivity index (χ1) is 14.5. The number of halogens is 1. The molecule has 1 aromatic rings. The smallest absolute Gasteiger partial charge is 0.254 e. The molecule has 0 bridgehead atoms. The maximum absolute atomic E-state index is 14.0. The molecule has 0 saturated carbocycles. The number of ether oxygens (including phenoxy) is 2. The molecule has 1 fully saturated rings. The van der Waals surface area contributed by atoms with E-state index in [1.165, 1.54) is 25.3 Å². The predicted molar refractivity (Wildman–Crippen MR) is 108 cm³/mol. The van der Waals surface area contributed by atoms with Crippen molar-refractivity contribution in [1.82, 2.24) is 15.5 Å². The van der Waals surface area contributed by atoms with Crippen LogP contribution in [0.1, 0.15) is 29.6 Å². The van der Waals surface area contributed by atoms with Gasteiger partial charge in [-0.2, -0.15) is 0 Å². The summed E-state index contributed by atoms with van der Waals surface area (Å²) >= 11 is 0. The van der Waals surface area contributed by atoms with Gasteiger partial charge in [0.1, 0.15) is 18.5 Å². The molecule has 0 radical (unpaired) electrons. The first kappa shape index (κ1) is 23.8. The third kappa shape index (κ3) is 6.77. The number of likely N-dealkylation sites (tertiary alicyclic amines) is 1. The fourth-order valence-electron chi connectivity index (χ4n) is 3.50. The van der Waals surface area contributed by atoms with Crippen molar-refractivity contribution in [3.05, 3.63) is 35.6 Å². The molecule has 166 valence electrons. The zero-order valence-electron chi connectivity index (χ0n) is 17.5. The second-order valence-corrected chi connectivity index (χ2v) is 7.22. The fourth-order valence-corrected chi connectivity index (χ4v) is 3.50. The van der Waals surface area contributed by atoms with Gasteiger partial charge in [0.2, 0.25) is 11.8 Å². The van der Waals surface area contributed by atoms with Gasteiger partial charge in [-0.1, -0.05) is 12.1 Å². The first-order valence-electron chi connectivity index (χ1n) is 10.1. The van der Waals surface area contributed by atoms with Gasteiger partial charge in [-0.15, -0.1) is 0 Å². The van der Waals surface area contributed by atoms with Crippen molar-refractivity contribution in [2.24, 2.45) is 5.92 Å². The lowest BCUT2D eigenvalue weighted by atomic mass is 9.88. The van der Waals surface area contributed by atoms with Crippen LogP contribution in [0.25, 0.3) is 0 Å². The molecule has 9 heteroatoms. The lowest BCUT2D eigenvalue weighted by molar-refractivity contribution is -0.136. The van der Waals surface area contributed by atoms with Gasteiger partial charge in [-0.05, 0) is 37.3 Å². The minimum absolute atomic E-state index is 0.0120. The molecule has 1 aliphatic rings. The van der Waals surface area contributed by atoms with Crippen LogP contribution in [-0.4, -0.2) is 75.7 Å². The van der Waals surface area contributed by atoms with Gasteiger partial charge in [0, 0.05) is 40.5 Å². The molecular formula is C21H30FN3O5. The molecule has 1 unspecified atom stereocenters. The highest BCUT2D eigenvalue weighted by atomic mass is 19.1. The molecule has 2 rings (SSSR count). The first-order valence-corrected chi connectivity index (χ1v) is 10.1. The number of amides is 3. The summed E-state index contributed by atoms with van der Waals surface area (Å²) in [5, 5.41) is 5.52. The maximum Gasteiger partial charge on any atom is 0.254 e. The highest BCUT2D eigenvalue weighted by Crippen LogP contribution is 2.22. The zero-order chi connectivity index (χ0) is 21.9. The molecule has 0 spiro atoms. The molecule has 1 saturated heterocycles. The molecule has 0 aromatic heterocycles. The molecule has 1 atom stereocenters. The second kappa shape index (κ2) is 12.2. The summed E-state index contributed by atoms with van der Waals surface area (Å²) in [6.45, 7) is 1.86. The lowest BCUT2D eigenvalue weighted by Crippen LogP contribution is -2.54. The normalized spacial score (nSPS) is 15.5. The highest BCUT2D eigenvalue weighted by Gasteiger charge is 2.34. The van der Waals surface area contributed by atoms with E-state index < -0.39 is 17.8 Å². The molecule has 2 N–H and O–H groups in total. The molecule has 3 amide bonds. The number of hydrogen-bond donors (Lipinski definition) is 2. The topological polar surface area (TPSA) is 97.0 Å². The number of carbonyl (C=O) groups is 3. The van der Waals surface area contributed by atoms with Crippen molar-refractivity contribution in [2.45, 2.75) is 25.3 Å². The monoisotopic (exact) mass is 423 g/mol. The van der Waals surface area contributed by atoms with E-state index >= 15 is 0 Å². The van der Waals surface area contributed by atoms with Crippen molar-refractivity contribution in [2.75, 3.05) is 47.1 Å². The largest absolute Gasteiger partial charge is 0.385 e. The predicted octanol–water partition coefficient (Wildman–Crippen LogP) is 0.962. The number of benzene rings is 1. The number of piperidine rings is 1. The van der Waals surface area contributed by atoms with Crippen molar-refractivity contribution >= 4 is 17.7 Å². The number of carbonyl (C=O) groups excluding carboxylic acids is 3.